The van der Waals surface area contributed by atoms with Crippen LogP contribution in [0.4, 0.5) is 0 Å². The van der Waals surface area contributed by atoms with Crippen LogP contribution in [0.5, 0.6) is 0 Å². The van der Waals surface area contributed by atoms with Crippen molar-refractivity contribution in [3.05, 3.63) is 90.0 Å². The first kappa shape index (κ1) is 13.3. The van der Waals surface area contributed by atoms with E-state index in [9.17, 15) is 5.11 Å². The van der Waals surface area contributed by atoms with E-state index >= 15 is 0 Å². The molecule has 0 aliphatic heterocycles. The molecule has 1 unspecified atom stereocenters. The summed E-state index contributed by atoms with van der Waals surface area (Å²) in [6.45, 7) is 1.79. The Morgan fingerprint density at radius 3 is 2.05 bits per heavy atom. The first-order chi connectivity index (χ1) is 9.18. The van der Waals surface area contributed by atoms with Gasteiger partial charge in [0.2, 0.25) is 0 Å². The molecule has 1 atom stereocenters. The topological polar surface area (TPSA) is 20.2 Å². The molecule has 2 aromatic rings. The maximum Gasteiger partial charge on any atom is 0.105 e. The van der Waals surface area contributed by atoms with E-state index in [0.717, 1.165) is 11.1 Å². The number of hydrogen-bond donors (Lipinski definition) is 1. The number of aliphatic hydroxyl groups is 1. The van der Waals surface area contributed by atoms with Crippen molar-refractivity contribution in [3.8, 4) is 0 Å². The van der Waals surface area contributed by atoms with E-state index in [2.05, 4.69) is 0 Å². The highest BCUT2D eigenvalue weighted by Crippen LogP contribution is 2.21. The molecule has 0 saturated heterocycles. The fraction of sp³-hybridized carbons (Fsp3) is 0.111. The molecule has 19 heavy (non-hydrogen) atoms. The summed E-state index contributed by atoms with van der Waals surface area (Å²) in [6, 6.07) is 19.7. The smallest absolute Gasteiger partial charge is 0.105 e. The van der Waals surface area contributed by atoms with Gasteiger partial charge < -0.3 is 5.11 Å². The molecule has 0 heterocycles. The molecular formula is C18H18O. The number of benzene rings is 2. The third-order valence-electron chi connectivity index (χ3n) is 2.98. The minimum absolute atomic E-state index is 0.888. The SMILES string of the molecule is CC(O)(/C=C/C=C/c1ccccc1)c1ccccc1. The van der Waals surface area contributed by atoms with Crippen LogP contribution in [-0.2, 0) is 5.60 Å². The number of hydrogen-bond acceptors (Lipinski definition) is 1. The molecule has 2 rings (SSSR count). The van der Waals surface area contributed by atoms with Crippen LogP contribution in [0, 0.1) is 0 Å². The van der Waals surface area contributed by atoms with Crippen LogP contribution < -0.4 is 0 Å². The zero-order valence-corrected chi connectivity index (χ0v) is 11.0. The van der Waals surface area contributed by atoms with Gasteiger partial charge in [-0.25, -0.2) is 0 Å². The Kier molecular flexibility index (Phi) is 4.32. The molecule has 0 aliphatic carbocycles. The van der Waals surface area contributed by atoms with Gasteiger partial charge >= 0.3 is 0 Å². The zero-order chi connectivity index (χ0) is 13.6. The van der Waals surface area contributed by atoms with Crippen LogP contribution in [0.25, 0.3) is 6.08 Å². The average Bonchev–Trinajstić information content (AvgIpc) is 2.46. The summed E-state index contributed by atoms with van der Waals surface area (Å²) < 4.78 is 0. The summed E-state index contributed by atoms with van der Waals surface area (Å²) in [5.41, 5.74) is 1.09. The first-order valence-corrected chi connectivity index (χ1v) is 6.37. The lowest BCUT2D eigenvalue weighted by molar-refractivity contribution is 0.111. The van der Waals surface area contributed by atoms with Crippen molar-refractivity contribution in [2.45, 2.75) is 12.5 Å². The highest BCUT2D eigenvalue weighted by Gasteiger charge is 2.17. The first-order valence-electron chi connectivity index (χ1n) is 6.37. The lowest BCUT2D eigenvalue weighted by atomic mass is 9.95. The Balaban J connectivity index is 2.05. The molecule has 0 saturated carbocycles. The summed E-state index contributed by atoms with van der Waals surface area (Å²) in [7, 11) is 0. The van der Waals surface area contributed by atoms with E-state index in [-0.39, 0.29) is 0 Å². The van der Waals surface area contributed by atoms with E-state index in [1.54, 1.807) is 13.0 Å². The van der Waals surface area contributed by atoms with Gasteiger partial charge in [0.1, 0.15) is 5.60 Å². The predicted molar refractivity (Wildman–Crippen MR) is 80.6 cm³/mol. The molecule has 96 valence electrons. The highest BCUT2D eigenvalue weighted by atomic mass is 16.3. The lowest BCUT2D eigenvalue weighted by Gasteiger charge is -2.18. The van der Waals surface area contributed by atoms with Gasteiger partial charge in [0, 0.05) is 0 Å². The molecule has 1 N–H and O–H groups in total. The van der Waals surface area contributed by atoms with Gasteiger partial charge in [0.25, 0.3) is 0 Å². The second-order valence-corrected chi connectivity index (χ2v) is 4.64. The highest BCUT2D eigenvalue weighted by molar-refractivity contribution is 5.50. The molecule has 0 aliphatic rings. The Morgan fingerprint density at radius 2 is 1.42 bits per heavy atom. The van der Waals surface area contributed by atoms with Crippen LogP contribution in [0.2, 0.25) is 0 Å². The quantitative estimate of drug-likeness (QED) is 0.808. The third-order valence-corrected chi connectivity index (χ3v) is 2.98. The average molecular weight is 250 g/mol. The van der Waals surface area contributed by atoms with Gasteiger partial charge in [-0.3, -0.25) is 0 Å². The molecule has 0 bridgehead atoms. The predicted octanol–water partition coefficient (Wildman–Crippen LogP) is 4.16. The van der Waals surface area contributed by atoms with Crippen molar-refractivity contribution in [3.63, 3.8) is 0 Å². The third kappa shape index (κ3) is 3.94. The molecule has 0 fully saturated rings. The van der Waals surface area contributed by atoms with Crippen molar-refractivity contribution in [2.24, 2.45) is 0 Å². The van der Waals surface area contributed by atoms with Crippen molar-refractivity contribution in [1.82, 2.24) is 0 Å². The maximum absolute atomic E-state index is 10.4. The Morgan fingerprint density at radius 1 is 0.842 bits per heavy atom. The van der Waals surface area contributed by atoms with Crippen LogP contribution in [-0.4, -0.2) is 5.11 Å². The molecule has 1 heteroatoms. The number of rotatable bonds is 4. The second-order valence-electron chi connectivity index (χ2n) is 4.64. The second kappa shape index (κ2) is 6.17. The van der Waals surface area contributed by atoms with Gasteiger partial charge in [-0.1, -0.05) is 78.9 Å². The summed E-state index contributed by atoms with van der Waals surface area (Å²) in [6.07, 6.45) is 7.62. The van der Waals surface area contributed by atoms with Gasteiger partial charge in [-0.2, -0.15) is 0 Å². The molecule has 1 nitrogen and oxygen atoms in total. The normalized spacial score (nSPS) is 14.8. The van der Waals surface area contributed by atoms with E-state index in [1.165, 1.54) is 0 Å². The molecule has 0 radical (unpaired) electrons. The molecular weight excluding hydrogens is 232 g/mol. The fourth-order valence-corrected chi connectivity index (χ4v) is 1.85. The Hall–Kier alpha value is -2.12. The monoisotopic (exact) mass is 250 g/mol. The van der Waals surface area contributed by atoms with Gasteiger partial charge in [-0.05, 0) is 24.1 Å². The van der Waals surface area contributed by atoms with Gasteiger partial charge in [0.15, 0.2) is 0 Å². The van der Waals surface area contributed by atoms with Crippen molar-refractivity contribution in [1.29, 1.82) is 0 Å². The summed E-state index contributed by atoms with van der Waals surface area (Å²) in [5, 5.41) is 10.4. The van der Waals surface area contributed by atoms with Crippen LogP contribution in [0.3, 0.4) is 0 Å². The van der Waals surface area contributed by atoms with Crippen LogP contribution >= 0.6 is 0 Å². The molecule has 0 aromatic heterocycles. The van der Waals surface area contributed by atoms with E-state index in [1.807, 2.05) is 78.9 Å². The standard InChI is InChI=1S/C18H18O/c1-18(19,17-13-6-3-7-14-17)15-9-8-12-16-10-4-2-5-11-16/h2-15,19H,1H3/b12-8+,15-9+. The van der Waals surface area contributed by atoms with E-state index in [0.29, 0.717) is 0 Å². The maximum atomic E-state index is 10.4. The fourth-order valence-electron chi connectivity index (χ4n) is 1.85. The summed E-state index contributed by atoms with van der Waals surface area (Å²) in [5.74, 6) is 0. The number of allylic oxidation sites excluding steroid dienone is 2. The Labute approximate surface area is 114 Å². The van der Waals surface area contributed by atoms with Crippen LogP contribution in [0.1, 0.15) is 18.1 Å². The summed E-state index contributed by atoms with van der Waals surface area (Å²) >= 11 is 0. The molecule has 2 aromatic carbocycles. The van der Waals surface area contributed by atoms with Crippen LogP contribution in [0.15, 0.2) is 78.9 Å². The van der Waals surface area contributed by atoms with Gasteiger partial charge in [0.05, 0.1) is 0 Å². The minimum Gasteiger partial charge on any atom is -0.381 e. The molecule has 0 spiro atoms. The minimum atomic E-state index is -0.942. The van der Waals surface area contributed by atoms with E-state index < -0.39 is 5.60 Å². The zero-order valence-electron chi connectivity index (χ0n) is 11.0. The Bertz CT molecular complexity index is 551. The largest absolute Gasteiger partial charge is 0.381 e. The summed E-state index contributed by atoms with van der Waals surface area (Å²) in [4.78, 5) is 0. The van der Waals surface area contributed by atoms with Crippen molar-refractivity contribution in [2.75, 3.05) is 0 Å². The van der Waals surface area contributed by atoms with Crippen molar-refractivity contribution >= 4 is 6.08 Å². The molecule has 0 amide bonds. The van der Waals surface area contributed by atoms with E-state index in [4.69, 9.17) is 0 Å². The van der Waals surface area contributed by atoms with Crippen molar-refractivity contribution < 1.29 is 5.11 Å². The van der Waals surface area contributed by atoms with Gasteiger partial charge in [-0.15, -0.1) is 0 Å². The lowest BCUT2D eigenvalue weighted by Crippen LogP contribution is -2.17.